The van der Waals surface area contributed by atoms with Gasteiger partial charge in [0, 0.05) is 41.0 Å². The van der Waals surface area contributed by atoms with Crippen LogP contribution in [0.5, 0.6) is 34.8 Å². The van der Waals surface area contributed by atoms with Crippen molar-refractivity contribution in [1.82, 2.24) is 4.73 Å². The van der Waals surface area contributed by atoms with E-state index in [2.05, 4.69) is 0 Å². The molecule has 0 amide bonds. The molecule has 0 unspecified atom stereocenters. The summed E-state index contributed by atoms with van der Waals surface area (Å²) < 4.78 is 24.2. The van der Waals surface area contributed by atoms with Gasteiger partial charge in [0.2, 0.25) is 11.8 Å². The van der Waals surface area contributed by atoms with Gasteiger partial charge < -0.3 is 34.0 Å². The molecule has 1 aromatic heterocycles. The van der Waals surface area contributed by atoms with E-state index in [4.69, 9.17) is 23.8 Å². The van der Waals surface area contributed by atoms with Crippen molar-refractivity contribution in [3.63, 3.8) is 0 Å². The molecule has 0 radical (unpaired) electrons. The number of carbonyl (C=O) groups excluding carboxylic acids is 4. The second-order valence-electron chi connectivity index (χ2n) is 13.3. The molecule has 12 heteroatoms. The summed E-state index contributed by atoms with van der Waals surface area (Å²) in [7, 11) is 0. The van der Waals surface area contributed by atoms with Gasteiger partial charge >= 0.3 is 23.9 Å². The van der Waals surface area contributed by atoms with Gasteiger partial charge in [-0.3, -0.25) is 9.59 Å². The highest BCUT2D eigenvalue weighted by atomic mass is 16.7. The fourth-order valence-corrected chi connectivity index (χ4v) is 5.09. The van der Waals surface area contributed by atoms with Crippen molar-refractivity contribution >= 4 is 23.9 Å². The van der Waals surface area contributed by atoms with Crippen LogP contribution in [0.15, 0.2) is 66.7 Å². The van der Waals surface area contributed by atoms with E-state index in [0.717, 1.165) is 12.1 Å². The summed E-state index contributed by atoms with van der Waals surface area (Å²) in [5.41, 5.74) is -1.97. The Balaban J connectivity index is 1.47. The van der Waals surface area contributed by atoms with Crippen LogP contribution >= 0.6 is 0 Å². The molecular weight excluding hydrogens is 610 g/mol. The molecule has 3 aromatic carbocycles. The number of aromatic hydroxyl groups is 2. The highest BCUT2D eigenvalue weighted by molar-refractivity contribution is 6.00. The lowest BCUT2D eigenvalue weighted by atomic mass is 9.77. The largest absolute Gasteiger partial charge is 0.492 e. The van der Waals surface area contributed by atoms with E-state index in [1.54, 1.807) is 65.8 Å². The quantitative estimate of drug-likeness (QED) is 0.210. The van der Waals surface area contributed by atoms with E-state index >= 15 is 0 Å². The number of esters is 3. The monoisotopic (exact) mass is 641 g/mol. The summed E-state index contributed by atoms with van der Waals surface area (Å²) in [6, 6.07) is 15.9. The standard InChI is InChI=1S/C35H31NO11/c1-33(2,3)31(41)43-19-8-11-23-25(16-19)45-26-17-20(44-32(42)34(4,5)6)9-12-24(26)35(23)22-10-7-18(15-21(22)30(40)46-35)29(39)47-36-27(37)13-14-28(36)38/h7-17,37-38H,1-6H3. The zero-order valence-corrected chi connectivity index (χ0v) is 26.4. The van der Waals surface area contributed by atoms with Crippen molar-refractivity contribution in [3.8, 4) is 34.8 Å². The summed E-state index contributed by atoms with van der Waals surface area (Å²) in [6.07, 6.45) is 0. The van der Waals surface area contributed by atoms with Gasteiger partial charge in [-0.05, 0) is 77.9 Å². The third-order valence-electron chi connectivity index (χ3n) is 7.60. The summed E-state index contributed by atoms with van der Waals surface area (Å²) in [6.45, 7) is 10.3. The highest BCUT2D eigenvalue weighted by Crippen LogP contribution is 2.57. The van der Waals surface area contributed by atoms with Crippen LogP contribution in [0.3, 0.4) is 0 Å². The molecule has 2 N–H and O–H groups in total. The highest BCUT2D eigenvalue weighted by Gasteiger charge is 2.54. The van der Waals surface area contributed by atoms with Gasteiger partial charge in [0.25, 0.3) is 0 Å². The van der Waals surface area contributed by atoms with Crippen molar-refractivity contribution in [2.24, 2.45) is 10.8 Å². The van der Waals surface area contributed by atoms with Crippen molar-refractivity contribution in [2.45, 2.75) is 47.1 Å². The zero-order valence-electron chi connectivity index (χ0n) is 26.4. The van der Waals surface area contributed by atoms with E-state index in [1.165, 1.54) is 30.3 Å². The maximum Gasteiger partial charge on any atom is 0.363 e. The molecule has 6 rings (SSSR count). The molecule has 12 nitrogen and oxygen atoms in total. The topological polar surface area (TPSA) is 160 Å². The number of ether oxygens (including phenoxy) is 4. The van der Waals surface area contributed by atoms with Crippen LogP contribution in [0.25, 0.3) is 0 Å². The molecule has 47 heavy (non-hydrogen) atoms. The molecule has 2 aliphatic heterocycles. The molecule has 0 bridgehead atoms. The van der Waals surface area contributed by atoms with Crippen LogP contribution in [-0.2, 0) is 19.9 Å². The Kier molecular flexibility index (Phi) is 7.07. The van der Waals surface area contributed by atoms with Crippen LogP contribution in [-0.4, -0.2) is 38.8 Å². The number of nitrogens with zero attached hydrogens (tertiary/aromatic N) is 1. The number of benzene rings is 3. The number of rotatable bonds is 4. The van der Waals surface area contributed by atoms with E-state index < -0.39 is 52.1 Å². The Morgan fingerprint density at radius 1 is 0.702 bits per heavy atom. The van der Waals surface area contributed by atoms with Crippen molar-refractivity contribution in [3.05, 3.63) is 94.5 Å². The number of hydrogen-bond acceptors (Lipinski definition) is 11. The lowest BCUT2D eigenvalue weighted by Crippen LogP contribution is -2.33. The molecule has 0 aliphatic carbocycles. The summed E-state index contributed by atoms with van der Waals surface area (Å²) in [5, 5.41) is 19.8. The van der Waals surface area contributed by atoms with Crippen molar-refractivity contribution < 1.29 is 53.2 Å². The minimum Gasteiger partial charge on any atom is -0.492 e. The Hall–Kier alpha value is -5.78. The minimum absolute atomic E-state index is 0.0469. The Bertz CT molecular complexity index is 1890. The van der Waals surface area contributed by atoms with Crippen LogP contribution in [0.4, 0.5) is 0 Å². The third kappa shape index (κ3) is 5.31. The van der Waals surface area contributed by atoms with Gasteiger partial charge in [0.15, 0.2) is 5.60 Å². The van der Waals surface area contributed by atoms with Crippen molar-refractivity contribution in [1.29, 1.82) is 0 Å². The van der Waals surface area contributed by atoms with Crippen LogP contribution < -0.4 is 19.0 Å². The Labute approximate surface area is 269 Å². The van der Waals surface area contributed by atoms with Gasteiger partial charge in [0.05, 0.1) is 22.0 Å². The first-order chi connectivity index (χ1) is 22.0. The van der Waals surface area contributed by atoms with Crippen molar-refractivity contribution in [2.75, 3.05) is 0 Å². The average molecular weight is 642 g/mol. The van der Waals surface area contributed by atoms with Crippen LogP contribution in [0, 0.1) is 10.8 Å². The van der Waals surface area contributed by atoms with E-state index in [1.807, 2.05) is 0 Å². The summed E-state index contributed by atoms with van der Waals surface area (Å²) in [5.74, 6) is -2.89. The average Bonchev–Trinajstić information content (AvgIpc) is 3.46. The minimum atomic E-state index is -1.58. The van der Waals surface area contributed by atoms with Gasteiger partial charge in [-0.25, -0.2) is 9.59 Å². The SMILES string of the molecule is CC(C)(C)C(=O)Oc1ccc2c(c1)Oc1cc(OC(=O)C(C)(C)C)ccc1C21OC(=O)c2cc(C(=O)On3c(O)ccc3O)ccc21. The predicted molar refractivity (Wildman–Crippen MR) is 164 cm³/mol. The van der Waals surface area contributed by atoms with Crippen LogP contribution in [0.2, 0.25) is 0 Å². The van der Waals surface area contributed by atoms with Gasteiger partial charge in [0.1, 0.15) is 23.0 Å². The maximum atomic E-state index is 13.6. The maximum absolute atomic E-state index is 13.6. The normalized spacial score (nSPS) is 14.3. The number of hydrogen-bond donors (Lipinski definition) is 2. The smallest absolute Gasteiger partial charge is 0.363 e. The fraction of sp³-hybridized carbons (Fsp3) is 0.257. The first-order valence-electron chi connectivity index (χ1n) is 14.6. The zero-order chi connectivity index (χ0) is 34.1. The van der Waals surface area contributed by atoms with Gasteiger partial charge in [-0.1, -0.05) is 6.07 Å². The van der Waals surface area contributed by atoms with E-state index in [-0.39, 0.29) is 34.1 Å². The molecule has 3 heterocycles. The molecule has 1 spiro atoms. The predicted octanol–water partition coefficient (Wildman–Crippen LogP) is 5.64. The second-order valence-corrected chi connectivity index (χ2v) is 13.3. The number of carbonyl (C=O) groups is 4. The summed E-state index contributed by atoms with van der Waals surface area (Å²) in [4.78, 5) is 57.0. The molecular formula is C35H31NO11. The number of fused-ring (bicyclic) bond motifs is 6. The third-order valence-corrected chi connectivity index (χ3v) is 7.60. The molecule has 0 saturated heterocycles. The van der Waals surface area contributed by atoms with Gasteiger partial charge in [-0.2, -0.15) is 0 Å². The first-order valence-corrected chi connectivity index (χ1v) is 14.6. The molecule has 0 saturated carbocycles. The lowest BCUT2D eigenvalue weighted by molar-refractivity contribution is -0.143. The molecule has 0 atom stereocenters. The summed E-state index contributed by atoms with van der Waals surface area (Å²) >= 11 is 0. The van der Waals surface area contributed by atoms with E-state index in [0.29, 0.717) is 21.4 Å². The second kappa shape index (κ2) is 10.6. The molecule has 4 aromatic rings. The molecule has 0 fully saturated rings. The van der Waals surface area contributed by atoms with Crippen LogP contribution in [0.1, 0.15) is 78.9 Å². The number of aromatic nitrogens is 1. The lowest BCUT2D eigenvalue weighted by Gasteiger charge is -2.36. The first kappa shape index (κ1) is 31.2. The fourth-order valence-electron chi connectivity index (χ4n) is 5.09. The molecule has 242 valence electrons. The Morgan fingerprint density at radius 3 is 1.68 bits per heavy atom. The van der Waals surface area contributed by atoms with Gasteiger partial charge in [-0.15, -0.1) is 4.73 Å². The molecule has 2 aliphatic rings. The Morgan fingerprint density at radius 2 is 1.19 bits per heavy atom. The van der Waals surface area contributed by atoms with E-state index in [9.17, 15) is 29.4 Å².